The van der Waals surface area contributed by atoms with Crippen molar-refractivity contribution < 1.29 is 5.11 Å². The molecule has 1 fully saturated rings. The Kier molecular flexibility index (Phi) is 4.92. The molecule has 3 heterocycles. The van der Waals surface area contributed by atoms with Gasteiger partial charge < -0.3 is 19.9 Å². The molecular formula is C21H22N4OS. The Balaban J connectivity index is 1.80. The smallest absolute Gasteiger partial charge is 0.170 e. The minimum absolute atomic E-state index is 0.0402. The molecule has 3 aromatic rings. The van der Waals surface area contributed by atoms with E-state index in [4.69, 9.17) is 12.2 Å². The molecule has 27 heavy (non-hydrogen) atoms. The highest BCUT2D eigenvalue weighted by Gasteiger charge is 2.40. The molecule has 0 bridgehead atoms. The number of aryl methyl sites for hydroxylation is 1. The lowest BCUT2D eigenvalue weighted by Gasteiger charge is -2.28. The van der Waals surface area contributed by atoms with Crippen LogP contribution in [0.1, 0.15) is 29.0 Å². The van der Waals surface area contributed by atoms with Crippen LogP contribution in [0.5, 0.6) is 0 Å². The maximum absolute atomic E-state index is 9.58. The van der Waals surface area contributed by atoms with Gasteiger partial charge in [-0.1, -0.05) is 23.8 Å². The van der Waals surface area contributed by atoms with Gasteiger partial charge in [0, 0.05) is 30.3 Å². The number of aliphatic hydroxyl groups is 1. The first-order valence-corrected chi connectivity index (χ1v) is 9.43. The van der Waals surface area contributed by atoms with Crippen LogP contribution in [0, 0.1) is 6.92 Å². The summed E-state index contributed by atoms with van der Waals surface area (Å²) in [6.45, 7) is 2.59. The van der Waals surface area contributed by atoms with Gasteiger partial charge in [0.15, 0.2) is 5.11 Å². The lowest BCUT2D eigenvalue weighted by Crippen LogP contribution is -2.32. The zero-order valence-electron chi connectivity index (χ0n) is 15.1. The predicted octanol–water partition coefficient (Wildman–Crippen LogP) is 3.15. The number of β-amino-alcohol motifs (C(OH)–C–C–N with tert-alkyl or cyclic N) is 1. The number of pyridine rings is 1. The zero-order valence-corrected chi connectivity index (χ0v) is 15.9. The van der Waals surface area contributed by atoms with E-state index in [1.807, 2.05) is 24.3 Å². The maximum Gasteiger partial charge on any atom is 0.170 e. The number of hydrogen-bond donors (Lipinski definition) is 2. The molecular weight excluding hydrogens is 356 g/mol. The fraction of sp³-hybridized carbons (Fsp3) is 0.238. The second-order valence-corrected chi connectivity index (χ2v) is 7.07. The topological polar surface area (TPSA) is 53.3 Å². The van der Waals surface area contributed by atoms with Crippen LogP contribution in [0.15, 0.2) is 67.0 Å². The molecule has 4 rings (SSSR count). The van der Waals surface area contributed by atoms with E-state index in [0.29, 0.717) is 11.7 Å². The van der Waals surface area contributed by atoms with Gasteiger partial charge in [-0.05, 0) is 55.5 Å². The second-order valence-electron chi connectivity index (χ2n) is 6.68. The van der Waals surface area contributed by atoms with Crippen molar-refractivity contribution in [2.75, 3.05) is 13.2 Å². The number of hydrogen-bond acceptors (Lipinski definition) is 3. The maximum atomic E-state index is 9.58. The van der Waals surface area contributed by atoms with E-state index in [1.54, 1.807) is 6.20 Å². The SMILES string of the molecule is Cc1ccc(-n2cccc2[C@@H]2[C@H](c3ccccn3)NC(=S)N2CCO)cc1. The molecule has 0 amide bonds. The Labute approximate surface area is 164 Å². The van der Waals surface area contributed by atoms with Gasteiger partial charge in [-0.25, -0.2) is 0 Å². The Hall–Kier alpha value is -2.70. The van der Waals surface area contributed by atoms with Crippen molar-refractivity contribution in [1.82, 2.24) is 19.8 Å². The molecule has 138 valence electrons. The second kappa shape index (κ2) is 7.50. The quantitative estimate of drug-likeness (QED) is 0.668. The van der Waals surface area contributed by atoms with Crippen molar-refractivity contribution in [3.8, 4) is 5.69 Å². The Morgan fingerprint density at radius 1 is 1.11 bits per heavy atom. The standard InChI is InChI=1S/C21H22N4OS/c1-15-7-9-16(10-8-15)24-12-4-6-18(24)20-19(17-5-2-3-11-22-17)23-21(27)25(20)13-14-26/h2-12,19-20,26H,13-14H2,1H3,(H,23,27)/t19-,20+/m0/s1. The number of rotatable bonds is 5. The summed E-state index contributed by atoms with van der Waals surface area (Å²) >= 11 is 5.58. The van der Waals surface area contributed by atoms with Crippen LogP contribution in [0.3, 0.4) is 0 Å². The van der Waals surface area contributed by atoms with Gasteiger partial charge in [0.1, 0.15) is 0 Å². The molecule has 5 nitrogen and oxygen atoms in total. The van der Waals surface area contributed by atoms with E-state index >= 15 is 0 Å². The highest BCUT2D eigenvalue weighted by atomic mass is 32.1. The van der Waals surface area contributed by atoms with Crippen molar-refractivity contribution in [2.45, 2.75) is 19.0 Å². The highest BCUT2D eigenvalue weighted by Crippen LogP contribution is 2.39. The number of nitrogens with zero attached hydrogens (tertiary/aromatic N) is 3. The summed E-state index contributed by atoms with van der Waals surface area (Å²) in [5.74, 6) is 0. The van der Waals surface area contributed by atoms with Crippen LogP contribution < -0.4 is 5.32 Å². The third-order valence-electron chi connectivity index (χ3n) is 4.93. The van der Waals surface area contributed by atoms with E-state index < -0.39 is 0 Å². The molecule has 1 saturated heterocycles. The van der Waals surface area contributed by atoms with Crippen LogP contribution in [0.25, 0.3) is 5.69 Å². The van der Waals surface area contributed by atoms with E-state index in [2.05, 4.69) is 63.2 Å². The van der Waals surface area contributed by atoms with Crippen LogP contribution in [-0.2, 0) is 0 Å². The fourth-order valence-corrected chi connectivity index (χ4v) is 3.98. The van der Waals surface area contributed by atoms with Crippen molar-refractivity contribution in [3.05, 3.63) is 83.9 Å². The monoisotopic (exact) mass is 378 g/mol. The van der Waals surface area contributed by atoms with Crippen LogP contribution in [0.2, 0.25) is 0 Å². The van der Waals surface area contributed by atoms with Crippen LogP contribution >= 0.6 is 12.2 Å². The largest absolute Gasteiger partial charge is 0.395 e. The number of aliphatic hydroxyl groups excluding tert-OH is 1. The predicted molar refractivity (Wildman–Crippen MR) is 110 cm³/mol. The summed E-state index contributed by atoms with van der Waals surface area (Å²) in [7, 11) is 0. The Bertz CT molecular complexity index is 923. The average molecular weight is 379 g/mol. The minimum atomic E-state index is -0.0793. The summed E-state index contributed by atoms with van der Waals surface area (Å²) < 4.78 is 2.18. The molecule has 1 aliphatic heterocycles. The Morgan fingerprint density at radius 2 is 1.93 bits per heavy atom. The molecule has 0 unspecified atom stereocenters. The van der Waals surface area contributed by atoms with Gasteiger partial charge >= 0.3 is 0 Å². The number of nitrogens with one attached hydrogen (secondary N) is 1. The van der Waals surface area contributed by atoms with E-state index in [0.717, 1.165) is 17.1 Å². The molecule has 2 N–H and O–H groups in total. The van der Waals surface area contributed by atoms with Gasteiger partial charge in [0.2, 0.25) is 0 Å². The molecule has 1 aliphatic rings. The molecule has 1 aromatic carbocycles. The minimum Gasteiger partial charge on any atom is -0.395 e. The van der Waals surface area contributed by atoms with Gasteiger partial charge in [-0.3, -0.25) is 4.98 Å². The lowest BCUT2D eigenvalue weighted by molar-refractivity contribution is 0.220. The number of benzene rings is 1. The first-order chi connectivity index (χ1) is 13.2. The normalized spacial score (nSPS) is 19.3. The third-order valence-corrected chi connectivity index (χ3v) is 5.29. The van der Waals surface area contributed by atoms with Crippen LogP contribution in [0.4, 0.5) is 0 Å². The van der Waals surface area contributed by atoms with Crippen molar-refractivity contribution in [3.63, 3.8) is 0 Å². The highest BCUT2D eigenvalue weighted by molar-refractivity contribution is 7.80. The summed E-state index contributed by atoms with van der Waals surface area (Å²) in [4.78, 5) is 6.59. The summed E-state index contributed by atoms with van der Waals surface area (Å²) in [6, 6.07) is 18.4. The lowest BCUT2D eigenvalue weighted by atomic mass is 10.0. The van der Waals surface area contributed by atoms with Gasteiger partial charge in [-0.2, -0.15) is 0 Å². The van der Waals surface area contributed by atoms with Gasteiger partial charge in [-0.15, -0.1) is 0 Å². The van der Waals surface area contributed by atoms with E-state index in [-0.39, 0.29) is 18.7 Å². The molecule has 2 atom stereocenters. The van der Waals surface area contributed by atoms with Crippen molar-refractivity contribution in [2.24, 2.45) is 0 Å². The number of thiocarbonyl (C=S) groups is 1. The molecule has 0 saturated carbocycles. The average Bonchev–Trinajstić information content (AvgIpc) is 3.28. The molecule has 0 aliphatic carbocycles. The fourth-order valence-electron chi connectivity index (χ4n) is 3.65. The van der Waals surface area contributed by atoms with Gasteiger partial charge in [0.25, 0.3) is 0 Å². The first-order valence-electron chi connectivity index (χ1n) is 9.02. The summed E-state index contributed by atoms with van der Waals surface area (Å²) in [5, 5.41) is 13.6. The zero-order chi connectivity index (χ0) is 18.8. The Morgan fingerprint density at radius 3 is 2.63 bits per heavy atom. The van der Waals surface area contributed by atoms with Crippen LogP contribution in [-0.4, -0.2) is 37.8 Å². The molecule has 6 heteroatoms. The van der Waals surface area contributed by atoms with Crippen molar-refractivity contribution >= 4 is 17.3 Å². The molecule has 0 radical (unpaired) electrons. The van der Waals surface area contributed by atoms with Crippen molar-refractivity contribution in [1.29, 1.82) is 0 Å². The molecule has 2 aromatic heterocycles. The summed E-state index contributed by atoms with van der Waals surface area (Å²) in [5.41, 5.74) is 4.36. The first kappa shape index (κ1) is 17.7. The van der Waals surface area contributed by atoms with Gasteiger partial charge in [0.05, 0.1) is 24.4 Å². The molecule has 0 spiro atoms. The summed E-state index contributed by atoms with van der Waals surface area (Å²) in [6.07, 6.45) is 3.86. The third kappa shape index (κ3) is 3.34. The van der Waals surface area contributed by atoms with E-state index in [1.165, 1.54) is 5.56 Å². The number of aromatic nitrogens is 2. The van der Waals surface area contributed by atoms with E-state index in [9.17, 15) is 5.11 Å².